The largest absolute Gasteiger partial charge is 0.688 e. The molecule has 3 N–H and O–H groups in total. The maximum Gasteiger partial charge on any atom is 0.318 e. The SMILES string of the molecule is C[N-]/C(=C\C=N)[C@@H](NC(=O)N1CCc2cnc(NC3CCOCC3)nc2C1)c1ccc(Cl)c(F)c1. The highest BCUT2D eigenvalue weighted by molar-refractivity contribution is 6.30. The van der Waals surface area contributed by atoms with Gasteiger partial charge < -0.3 is 31.0 Å². The summed E-state index contributed by atoms with van der Waals surface area (Å²) in [6.07, 6.45) is 6.78. The Labute approximate surface area is 208 Å². The van der Waals surface area contributed by atoms with Crippen LogP contribution in [0.1, 0.15) is 35.7 Å². The van der Waals surface area contributed by atoms with E-state index in [1.165, 1.54) is 18.2 Å². The fourth-order valence-corrected chi connectivity index (χ4v) is 4.31. The van der Waals surface area contributed by atoms with Gasteiger partial charge in [0.15, 0.2) is 0 Å². The number of anilines is 1. The lowest BCUT2D eigenvalue weighted by Crippen LogP contribution is -2.44. The van der Waals surface area contributed by atoms with Crippen LogP contribution in [0.5, 0.6) is 0 Å². The summed E-state index contributed by atoms with van der Waals surface area (Å²) in [7, 11) is 1.56. The van der Waals surface area contributed by atoms with Crippen LogP contribution in [0, 0.1) is 11.2 Å². The molecule has 0 saturated carbocycles. The Bertz CT molecular complexity index is 1110. The molecule has 2 aliphatic heterocycles. The van der Waals surface area contributed by atoms with Crippen LogP contribution < -0.4 is 10.6 Å². The molecule has 1 fully saturated rings. The van der Waals surface area contributed by atoms with Crippen LogP contribution in [0.2, 0.25) is 5.02 Å². The highest BCUT2D eigenvalue weighted by Crippen LogP contribution is 2.28. The number of carbonyl (C=O) groups is 1. The van der Waals surface area contributed by atoms with Crippen molar-refractivity contribution in [3.63, 3.8) is 0 Å². The number of hydrogen-bond acceptors (Lipinski definition) is 6. The third-order valence-electron chi connectivity index (χ3n) is 6.14. The molecule has 0 aliphatic carbocycles. The molecule has 2 amide bonds. The van der Waals surface area contributed by atoms with Crippen molar-refractivity contribution < 1.29 is 13.9 Å². The van der Waals surface area contributed by atoms with E-state index in [9.17, 15) is 9.18 Å². The van der Waals surface area contributed by atoms with E-state index in [4.69, 9.17) is 21.7 Å². The Hall–Kier alpha value is -3.24. The number of likely N-dealkylation sites (N-methyl/N-ethyl adjacent to an activating group) is 1. The zero-order valence-electron chi connectivity index (χ0n) is 19.4. The molecule has 0 unspecified atom stereocenters. The number of nitrogens with one attached hydrogen (secondary N) is 3. The number of amides is 2. The van der Waals surface area contributed by atoms with E-state index in [1.807, 2.05) is 6.20 Å². The van der Waals surface area contributed by atoms with Gasteiger partial charge in [0.1, 0.15) is 5.82 Å². The molecule has 0 bridgehead atoms. The summed E-state index contributed by atoms with van der Waals surface area (Å²) in [6.45, 7) is 2.24. The highest BCUT2D eigenvalue weighted by Gasteiger charge is 2.25. The van der Waals surface area contributed by atoms with Crippen molar-refractivity contribution in [1.29, 1.82) is 5.41 Å². The molecule has 0 spiro atoms. The first-order valence-electron chi connectivity index (χ1n) is 11.5. The molecule has 35 heavy (non-hydrogen) atoms. The van der Waals surface area contributed by atoms with Gasteiger partial charge in [-0.25, -0.2) is 19.2 Å². The number of nitrogens with zero attached hydrogens (tertiary/aromatic N) is 4. The lowest BCUT2D eigenvalue weighted by Gasteiger charge is -2.34. The predicted molar refractivity (Wildman–Crippen MR) is 132 cm³/mol. The number of rotatable bonds is 7. The van der Waals surface area contributed by atoms with Gasteiger partial charge in [-0.15, -0.1) is 12.7 Å². The van der Waals surface area contributed by atoms with Gasteiger partial charge in [0.05, 0.1) is 23.3 Å². The van der Waals surface area contributed by atoms with Crippen LogP contribution >= 0.6 is 11.6 Å². The third kappa shape index (κ3) is 6.07. The second-order valence-corrected chi connectivity index (χ2v) is 8.81. The highest BCUT2D eigenvalue weighted by atomic mass is 35.5. The van der Waals surface area contributed by atoms with E-state index in [-0.39, 0.29) is 17.1 Å². The van der Waals surface area contributed by atoms with Crippen LogP contribution in [-0.4, -0.2) is 60.0 Å². The Morgan fingerprint density at radius 2 is 2.20 bits per heavy atom. The van der Waals surface area contributed by atoms with Crippen LogP contribution in [0.15, 0.2) is 36.2 Å². The molecule has 1 aromatic carbocycles. The summed E-state index contributed by atoms with van der Waals surface area (Å²) in [4.78, 5) is 24.0. The molecule has 0 radical (unpaired) electrons. The monoisotopic (exact) mass is 500 g/mol. The Morgan fingerprint density at radius 3 is 2.91 bits per heavy atom. The number of urea groups is 1. The first kappa shape index (κ1) is 24.9. The van der Waals surface area contributed by atoms with Crippen molar-refractivity contribution in [2.75, 3.05) is 32.1 Å². The van der Waals surface area contributed by atoms with Gasteiger partial charge in [0, 0.05) is 38.2 Å². The van der Waals surface area contributed by atoms with Crippen LogP contribution in [-0.2, 0) is 17.7 Å². The van der Waals surface area contributed by atoms with E-state index < -0.39 is 11.9 Å². The molecular weight excluding hydrogens is 473 g/mol. The van der Waals surface area contributed by atoms with Crippen LogP contribution in [0.3, 0.4) is 0 Å². The molecule has 1 aromatic heterocycles. The van der Waals surface area contributed by atoms with Crippen LogP contribution in [0.25, 0.3) is 5.32 Å². The molecule has 2 aliphatic rings. The molecule has 4 rings (SSSR count). The Kier molecular flexibility index (Phi) is 8.14. The summed E-state index contributed by atoms with van der Waals surface area (Å²) < 4.78 is 19.6. The van der Waals surface area contributed by atoms with Gasteiger partial charge in [-0.2, -0.15) is 0 Å². The number of halogens is 2. The topological polar surface area (TPSA) is 117 Å². The number of carbonyl (C=O) groups excluding carboxylic acids is 1. The molecule has 9 nitrogen and oxygen atoms in total. The summed E-state index contributed by atoms with van der Waals surface area (Å²) >= 11 is 5.84. The van der Waals surface area contributed by atoms with Crippen molar-refractivity contribution in [2.45, 2.75) is 37.9 Å². The van der Waals surface area contributed by atoms with Gasteiger partial charge in [0.25, 0.3) is 0 Å². The fourth-order valence-electron chi connectivity index (χ4n) is 4.19. The normalized spacial score (nSPS) is 17.3. The molecule has 186 valence electrons. The minimum atomic E-state index is -0.751. The van der Waals surface area contributed by atoms with Gasteiger partial charge >= 0.3 is 6.03 Å². The molecule has 1 atom stereocenters. The van der Waals surface area contributed by atoms with Crippen molar-refractivity contribution in [3.8, 4) is 0 Å². The average molecular weight is 501 g/mol. The maximum atomic E-state index is 14.2. The second-order valence-electron chi connectivity index (χ2n) is 8.41. The van der Waals surface area contributed by atoms with Crippen molar-refractivity contribution >= 4 is 29.8 Å². The number of fused-ring (bicyclic) bond motifs is 1. The quantitative estimate of drug-likeness (QED) is 0.492. The minimum Gasteiger partial charge on any atom is -0.688 e. The summed E-state index contributed by atoms with van der Waals surface area (Å²) in [5.41, 5.74) is 2.69. The summed E-state index contributed by atoms with van der Waals surface area (Å²) in [5, 5.41) is 17.9. The Balaban J connectivity index is 1.50. The standard InChI is InChI=1S/C24H29ClFN7O2/c1-28-20(4-8-27)22(15-2-3-18(25)19(26)12-15)32-24(34)33-9-5-16-13-29-23(31-21(16)14-33)30-17-6-10-35-11-7-17/h2-4,8,12-13,17,22H,5-7,9-11,14H2,1H3,(H4,27,28,29,30,31,32,34)/p-1/t22-/m0/s1. The van der Waals surface area contributed by atoms with Crippen molar-refractivity contribution in [3.05, 3.63) is 69.1 Å². The lowest BCUT2D eigenvalue weighted by molar-refractivity contribution is 0.0903. The third-order valence-corrected chi connectivity index (χ3v) is 6.45. The summed E-state index contributed by atoms with van der Waals surface area (Å²) in [5.74, 6) is -0.0460. The smallest absolute Gasteiger partial charge is 0.318 e. The zero-order valence-corrected chi connectivity index (χ0v) is 20.2. The zero-order chi connectivity index (χ0) is 24.8. The Morgan fingerprint density at radius 1 is 1.40 bits per heavy atom. The minimum absolute atomic E-state index is 0.0117. The van der Waals surface area contributed by atoms with E-state index in [1.54, 1.807) is 18.0 Å². The number of hydrogen-bond donors (Lipinski definition) is 3. The first-order chi connectivity index (χ1) is 17.0. The molecular formula is C24H28ClFN7O2-. The second kappa shape index (κ2) is 11.5. The van der Waals surface area contributed by atoms with E-state index in [0.717, 1.165) is 30.3 Å². The number of aromatic nitrogens is 2. The summed E-state index contributed by atoms with van der Waals surface area (Å²) in [6, 6.07) is 3.51. The molecule has 1 saturated heterocycles. The van der Waals surface area contributed by atoms with Crippen molar-refractivity contribution in [2.24, 2.45) is 0 Å². The van der Waals surface area contributed by atoms with Gasteiger partial charge in [-0.05, 0) is 42.5 Å². The fraction of sp³-hybridized carbons (Fsp3) is 0.417. The van der Waals surface area contributed by atoms with E-state index >= 15 is 0 Å². The number of allylic oxidation sites excluding steroid dienone is 1. The maximum absolute atomic E-state index is 14.2. The number of benzene rings is 1. The molecule has 2 aromatic rings. The molecule has 3 heterocycles. The molecule has 11 heteroatoms. The van der Waals surface area contributed by atoms with Gasteiger partial charge in [-0.3, -0.25) is 0 Å². The van der Waals surface area contributed by atoms with Gasteiger partial charge in [-0.1, -0.05) is 23.7 Å². The lowest BCUT2D eigenvalue weighted by atomic mass is 10.0. The van der Waals surface area contributed by atoms with E-state index in [0.29, 0.717) is 49.9 Å². The first-order valence-corrected chi connectivity index (χ1v) is 11.9. The van der Waals surface area contributed by atoms with E-state index in [2.05, 4.69) is 25.9 Å². The number of ether oxygens (including phenoxy) is 1. The average Bonchev–Trinajstić information content (AvgIpc) is 2.88. The van der Waals surface area contributed by atoms with Crippen molar-refractivity contribution in [1.82, 2.24) is 20.2 Å². The predicted octanol–water partition coefficient (Wildman–Crippen LogP) is 4.21. The van der Waals surface area contributed by atoms with Crippen LogP contribution in [0.4, 0.5) is 15.1 Å². The van der Waals surface area contributed by atoms with Gasteiger partial charge in [0.2, 0.25) is 5.95 Å².